The van der Waals surface area contributed by atoms with Gasteiger partial charge in [-0.2, -0.15) is 4.31 Å². The van der Waals surface area contributed by atoms with E-state index in [0.717, 1.165) is 6.07 Å². The zero-order valence-electron chi connectivity index (χ0n) is 10.3. The summed E-state index contributed by atoms with van der Waals surface area (Å²) in [6.45, 7) is 2.66. The molecular formula is C11H14BrFN2O3S. The minimum atomic E-state index is -3.73. The van der Waals surface area contributed by atoms with Gasteiger partial charge in [0.1, 0.15) is 10.7 Å². The van der Waals surface area contributed by atoms with Crippen LogP contribution in [0.15, 0.2) is 21.5 Å². The van der Waals surface area contributed by atoms with Crippen LogP contribution in [0, 0.1) is 5.82 Å². The molecule has 1 heterocycles. The van der Waals surface area contributed by atoms with Crippen LogP contribution >= 0.6 is 15.9 Å². The third kappa shape index (κ3) is 2.91. The van der Waals surface area contributed by atoms with E-state index in [2.05, 4.69) is 15.9 Å². The molecule has 1 aliphatic heterocycles. The first-order chi connectivity index (χ1) is 8.82. The molecular weight excluding hydrogens is 339 g/mol. The van der Waals surface area contributed by atoms with Gasteiger partial charge in [0.15, 0.2) is 0 Å². The summed E-state index contributed by atoms with van der Waals surface area (Å²) in [7, 11) is -3.73. The van der Waals surface area contributed by atoms with Crippen molar-refractivity contribution in [2.45, 2.75) is 17.9 Å². The van der Waals surface area contributed by atoms with Crippen LogP contribution in [0.3, 0.4) is 0 Å². The van der Waals surface area contributed by atoms with Crippen LogP contribution in [0.5, 0.6) is 0 Å². The standard InChI is InChI=1S/C11H14BrFN2O3S/c1-7-6-15(2-3-18-7)19(16,17)11-4-8(12)9(13)5-10(11)14/h4-5,7H,2-3,6,14H2,1H3. The van der Waals surface area contributed by atoms with Crippen molar-refractivity contribution in [3.63, 3.8) is 0 Å². The number of nitrogen functional groups attached to an aromatic ring is 1. The highest BCUT2D eigenvalue weighted by atomic mass is 79.9. The largest absolute Gasteiger partial charge is 0.398 e. The fraction of sp³-hybridized carbons (Fsp3) is 0.455. The average molecular weight is 353 g/mol. The molecule has 1 unspecified atom stereocenters. The third-order valence-electron chi connectivity index (χ3n) is 2.87. The molecule has 0 radical (unpaired) electrons. The van der Waals surface area contributed by atoms with E-state index < -0.39 is 15.8 Å². The molecule has 1 aromatic rings. The molecule has 8 heteroatoms. The highest BCUT2D eigenvalue weighted by molar-refractivity contribution is 9.10. The molecule has 0 amide bonds. The quantitative estimate of drug-likeness (QED) is 0.820. The maximum atomic E-state index is 13.3. The van der Waals surface area contributed by atoms with Crippen molar-refractivity contribution in [2.75, 3.05) is 25.4 Å². The highest BCUT2D eigenvalue weighted by Gasteiger charge is 2.31. The van der Waals surface area contributed by atoms with Crippen LogP contribution in [-0.4, -0.2) is 38.5 Å². The molecule has 1 atom stereocenters. The monoisotopic (exact) mass is 352 g/mol. The van der Waals surface area contributed by atoms with Gasteiger partial charge >= 0.3 is 0 Å². The second kappa shape index (κ2) is 5.35. The van der Waals surface area contributed by atoms with E-state index in [9.17, 15) is 12.8 Å². The Morgan fingerprint density at radius 1 is 1.53 bits per heavy atom. The van der Waals surface area contributed by atoms with E-state index in [1.807, 2.05) is 0 Å². The molecule has 2 rings (SSSR count). The van der Waals surface area contributed by atoms with Gasteiger partial charge in [-0.05, 0) is 35.0 Å². The first-order valence-corrected chi connectivity index (χ1v) is 7.92. The van der Waals surface area contributed by atoms with E-state index in [-0.39, 0.29) is 34.2 Å². The van der Waals surface area contributed by atoms with Gasteiger partial charge in [0.25, 0.3) is 0 Å². The lowest BCUT2D eigenvalue weighted by atomic mass is 10.3. The number of hydrogen-bond acceptors (Lipinski definition) is 4. The number of nitrogens with two attached hydrogens (primary N) is 1. The van der Waals surface area contributed by atoms with E-state index in [4.69, 9.17) is 10.5 Å². The van der Waals surface area contributed by atoms with Crippen molar-refractivity contribution in [1.29, 1.82) is 0 Å². The number of benzene rings is 1. The molecule has 19 heavy (non-hydrogen) atoms. The van der Waals surface area contributed by atoms with E-state index in [1.54, 1.807) is 6.92 Å². The van der Waals surface area contributed by atoms with E-state index in [0.29, 0.717) is 6.61 Å². The van der Waals surface area contributed by atoms with Crippen molar-refractivity contribution in [3.8, 4) is 0 Å². The normalized spacial score (nSPS) is 21.5. The summed E-state index contributed by atoms with van der Waals surface area (Å²) in [5, 5.41) is 0. The number of rotatable bonds is 2. The lowest BCUT2D eigenvalue weighted by Gasteiger charge is -2.30. The molecule has 0 saturated carbocycles. The Labute approximate surface area is 119 Å². The number of morpholine rings is 1. The minimum absolute atomic E-state index is 0.0709. The SMILES string of the molecule is CC1CN(S(=O)(=O)c2cc(Br)c(F)cc2N)CCO1. The van der Waals surface area contributed by atoms with Gasteiger partial charge in [0.05, 0.1) is 22.9 Å². The maximum Gasteiger partial charge on any atom is 0.245 e. The fourth-order valence-corrected chi connectivity index (χ4v) is 4.03. The van der Waals surface area contributed by atoms with Crippen LogP contribution in [0.25, 0.3) is 0 Å². The number of ether oxygens (including phenoxy) is 1. The molecule has 0 bridgehead atoms. The summed E-state index contributed by atoms with van der Waals surface area (Å²) in [4.78, 5) is -0.0881. The minimum Gasteiger partial charge on any atom is -0.398 e. The topological polar surface area (TPSA) is 72.6 Å². The first kappa shape index (κ1) is 14.7. The number of halogens is 2. The number of nitrogens with zero attached hydrogens (tertiary/aromatic N) is 1. The van der Waals surface area contributed by atoms with Crippen LogP contribution in [0.4, 0.5) is 10.1 Å². The second-order valence-corrected chi connectivity index (χ2v) is 7.11. The van der Waals surface area contributed by atoms with Gasteiger partial charge in [0.2, 0.25) is 10.0 Å². The van der Waals surface area contributed by atoms with Crippen LogP contribution in [0.1, 0.15) is 6.92 Å². The lowest BCUT2D eigenvalue weighted by molar-refractivity contribution is 0.0102. The summed E-state index contributed by atoms with van der Waals surface area (Å²) in [5.41, 5.74) is 5.52. The third-order valence-corrected chi connectivity index (χ3v) is 5.40. The second-order valence-electron chi connectivity index (χ2n) is 4.35. The average Bonchev–Trinajstić information content (AvgIpc) is 2.33. The van der Waals surface area contributed by atoms with Crippen LogP contribution in [0.2, 0.25) is 0 Å². The summed E-state index contributed by atoms with van der Waals surface area (Å²) in [6.07, 6.45) is -0.173. The molecule has 1 aromatic carbocycles. The summed E-state index contributed by atoms with van der Waals surface area (Å²) in [6, 6.07) is 2.20. The molecule has 0 aromatic heterocycles. The molecule has 1 fully saturated rings. The molecule has 1 aliphatic rings. The molecule has 5 nitrogen and oxygen atoms in total. The van der Waals surface area contributed by atoms with Gasteiger partial charge < -0.3 is 10.5 Å². The van der Waals surface area contributed by atoms with Crippen molar-refractivity contribution >= 4 is 31.6 Å². The first-order valence-electron chi connectivity index (χ1n) is 5.68. The smallest absolute Gasteiger partial charge is 0.245 e. The Morgan fingerprint density at radius 3 is 2.84 bits per heavy atom. The van der Waals surface area contributed by atoms with Crippen LogP contribution < -0.4 is 5.73 Å². The number of hydrogen-bond donors (Lipinski definition) is 1. The summed E-state index contributed by atoms with van der Waals surface area (Å²) >= 11 is 2.97. The van der Waals surface area contributed by atoms with Crippen molar-refractivity contribution in [2.24, 2.45) is 0 Å². The van der Waals surface area contributed by atoms with E-state index >= 15 is 0 Å². The van der Waals surface area contributed by atoms with E-state index in [1.165, 1.54) is 10.4 Å². The Kier molecular flexibility index (Phi) is 4.14. The molecule has 1 saturated heterocycles. The summed E-state index contributed by atoms with van der Waals surface area (Å²) in [5.74, 6) is -0.591. The Hall–Kier alpha value is -0.700. The molecule has 0 aliphatic carbocycles. The van der Waals surface area contributed by atoms with Gasteiger partial charge in [0, 0.05) is 13.1 Å². The van der Waals surface area contributed by atoms with Crippen LogP contribution in [-0.2, 0) is 14.8 Å². The predicted molar refractivity (Wildman–Crippen MR) is 72.7 cm³/mol. The maximum absolute atomic E-state index is 13.3. The Bertz CT molecular complexity index is 594. The molecule has 106 valence electrons. The van der Waals surface area contributed by atoms with Gasteiger partial charge in [-0.1, -0.05) is 0 Å². The molecule has 0 spiro atoms. The fourth-order valence-electron chi connectivity index (χ4n) is 1.91. The zero-order valence-corrected chi connectivity index (χ0v) is 12.7. The van der Waals surface area contributed by atoms with Gasteiger partial charge in [-0.3, -0.25) is 0 Å². The Morgan fingerprint density at radius 2 is 2.21 bits per heavy atom. The number of sulfonamides is 1. The van der Waals surface area contributed by atoms with Crippen molar-refractivity contribution < 1.29 is 17.5 Å². The summed E-state index contributed by atoms with van der Waals surface area (Å²) < 4.78 is 44.9. The van der Waals surface area contributed by atoms with Crippen molar-refractivity contribution in [1.82, 2.24) is 4.31 Å². The Balaban J connectivity index is 2.42. The zero-order chi connectivity index (χ0) is 14.2. The number of anilines is 1. The molecule has 2 N–H and O–H groups in total. The van der Waals surface area contributed by atoms with Gasteiger partial charge in [-0.25, -0.2) is 12.8 Å². The van der Waals surface area contributed by atoms with Gasteiger partial charge in [-0.15, -0.1) is 0 Å². The predicted octanol–water partition coefficient (Wildman–Crippen LogP) is 1.58. The highest BCUT2D eigenvalue weighted by Crippen LogP contribution is 2.29. The van der Waals surface area contributed by atoms with Crippen molar-refractivity contribution in [3.05, 3.63) is 22.4 Å². The lowest BCUT2D eigenvalue weighted by Crippen LogP contribution is -2.44.